The second kappa shape index (κ2) is 6.73. The zero-order chi connectivity index (χ0) is 12.7. The first-order valence-electron chi connectivity index (χ1n) is 6.41. The Balaban J connectivity index is 2.20. The van der Waals surface area contributed by atoms with Crippen LogP contribution in [0.2, 0.25) is 0 Å². The summed E-state index contributed by atoms with van der Waals surface area (Å²) in [6.45, 7) is 3.69. The van der Waals surface area contributed by atoms with E-state index in [0.29, 0.717) is 6.42 Å². The van der Waals surface area contributed by atoms with Gasteiger partial charge >= 0.3 is 0 Å². The van der Waals surface area contributed by atoms with Crippen LogP contribution < -0.4 is 0 Å². The fourth-order valence-electron chi connectivity index (χ4n) is 2.06. The summed E-state index contributed by atoms with van der Waals surface area (Å²) in [6, 6.07) is 10.0. The molecular weight excluding hydrogens is 218 g/mol. The quantitative estimate of drug-likeness (QED) is 0.583. The second-order valence-electron chi connectivity index (χ2n) is 5.15. The Morgan fingerprint density at radius 3 is 2.29 bits per heavy atom. The van der Waals surface area contributed by atoms with E-state index in [4.69, 9.17) is 0 Å². The molecule has 0 N–H and O–H groups in total. The van der Waals surface area contributed by atoms with Crippen LogP contribution in [0, 0.1) is 5.92 Å². The summed E-state index contributed by atoms with van der Waals surface area (Å²) in [5, 5.41) is 0. The van der Waals surface area contributed by atoms with Crippen molar-refractivity contribution >= 4 is 0 Å². The average Bonchev–Trinajstić information content (AvgIpc) is 2.24. The maximum absolute atomic E-state index is 13.4. The van der Waals surface area contributed by atoms with Gasteiger partial charge in [0.25, 0.3) is 0 Å². The van der Waals surface area contributed by atoms with Gasteiger partial charge in [-0.1, -0.05) is 44.2 Å². The van der Waals surface area contributed by atoms with E-state index < -0.39 is 5.92 Å². The third kappa shape index (κ3) is 6.40. The maximum atomic E-state index is 13.4. The van der Waals surface area contributed by atoms with Crippen LogP contribution in [0.1, 0.15) is 45.1 Å². The Kier molecular flexibility index (Phi) is 5.60. The molecule has 0 aliphatic heterocycles. The molecule has 0 radical (unpaired) electrons. The van der Waals surface area contributed by atoms with E-state index in [-0.39, 0.29) is 18.8 Å². The maximum Gasteiger partial charge on any atom is 0.248 e. The Labute approximate surface area is 103 Å². The minimum absolute atomic E-state index is 0.0122. The van der Waals surface area contributed by atoms with E-state index in [1.165, 1.54) is 5.56 Å². The van der Waals surface area contributed by atoms with Crippen molar-refractivity contribution in [2.45, 2.75) is 51.9 Å². The smallest absolute Gasteiger partial charge is 0.207 e. The highest BCUT2D eigenvalue weighted by atomic mass is 19.3. The first-order chi connectivity index (χ1) is 7.99. The predicted octanol–water partition coefficient (Wildman–Crippen LogP) is 5.08. The number of hydrogen-bond donors (Lipinski definition) is 0. The summed E-state index contributed by atoms with van der Waals surface area (Å²) in [7, 11) is 0. The summed E-state index contributed by atoms with van der Waals surface area (Å²) < 4.78 is 26.8. The zero-order valence-corrected chi connectivity index (χ0v) is 10.8. The van der Waals surface area contributed by atoms with Crippen LogP contribution in [0.4, 0.5) is 8.78 Å². The van der Waals surface area contributed by atoms with Crippen LogP contribution in [0.15, 0.2) is 30.3 Å². The van der Waals surface area contributed by atoms with E-state index in [0.717, 1.165) is 12.8 Å². The number of rotatable bonds is 7. The van der Waals surface area contributed by atoms with Crippen molar-refractivity contribution in [3.05, 3.63) is 35.9 Å². The molecule has 17 heavy (non-hydrogen) atoms. The van der Waals surface area contributed by atoms with Gasteiger partial charge in [-0.2, -0.15) is 0 Å². The number of alkyl halides is 2. The van der Waals surface area contributed by atoms with E-state index >= 15 is 0 Å². The third-order valence-electron chi connectivity index (χ3n) is 2.81. The van der Waals surface area contributed by atoms with Crippen molar-refractivity contribution in [2.24, 2.45) is 5.92 Å². The molecule has 0 nitrogen and oxygen atoms in total. The minimum atomic E-state index is -2.48. The topological polar surface area (TPSA) is 0 Å². The molecule has 0 aliphatic carbocycles. The molecule has 0 fully saturated rings. The van der Waals surface area contributed by atoms with E-state index in [2.05, 4.69) is 0 Å². The summed E-state index contributed by atoms with van der Waals surface area (Å²) in [5.74, 6) is -2.41. The summed E-state index contributed by atoms with van der Waals surface area (Å²) in [6.07, 6.45) is 2.39. The number of halogens is 2. The highest BCUT2D eigenvalue weighted by Gasteiger charge is 2.28. The normalized spacial score (nSPS) is 12.1. The monoisotopic (exact) mass is 240 g/mol. The molecule has 0 amide bonds. The highest BCUT2D eigenvalue weighted by Crippen LogP contribution is 2.29. The minimum Gasteiger partial charge on any atom is -0.207 e. The third-order valence-corrected chi connectivity index (χ3v) is 2.81. The Morgan fingerprint density at radius 1 is 1.06 bits per heavy atom. The molecule has 0 saturated carbocycles. The molecule has 0 saturated heterocycles. The molecule has 0 aromatic heterocycles. The molecule has 0 spiro atoms. The van der Waals surface area contributed by atoms with Crippen molar-refractivity contribution < 1.29 is 8.78 Å². The van der Waals surface area contributed by atoms with Crippen molar-refractivity contribution in [1.82, 2.24) is 0 Å². The van der Waals surface area contributed by atoms with E-state index in [1.807, 2.05) is 44.2 Å². The fourth-order valence-corrected chi connectivity index (χ4v) is 2.06. The van der Waals surface area contributed by atoms with Crippen molar-refractivity contribution in [1.29, 1.82) is 0 Å². The Morgan fingerprint density at radius 2 is 1.71 bits per heavy atom. The molecule has 1 aromatic rings. The van der Waals surface area contributed by atoms with E-state index in [1.54, 1.807) is 0 Å². The van der Waals surface area contributed by atoms with Crippen LogP contribution in [0.25, 0.3) is 0 Å². The van der Waals surface area contributed by atoms with Gasteiger partial charge in [-0.15, -0.1) is 0 Å². The molecule has 0 heterocycles. The summed E-state index contributed by atoms with van der Waals surface area (Å²) in [5.41, 5.74) is 1.24. The standard InChI is InChI=1S/C15H22F2/c1-13(2)12-15(16,17)11-7-6-10-14-8-4-3-5-9-14/h3-5,8-9,13H,6-7,10-12H2,1-2H3. The van der Waals surface area contributed by atoms with Crippen molar-refractivity contribution in [3.8, 4) is 0 Å². The van der Waals surface area contributed by atoms with Gasteiger partial charge in [0.1, 0.15) is 0 Å². The molecule has 0 unspecified atom stereocenters. The molecule has 96 valence electrons. The van der Waals surface area contributed by atoms with Crippen LogP contribution in [-0.4, -0.2) is 5.92 Å². The molecule has 0 atom stereocenters. The summed E-state index contributed by atoms with van der Waals surface area (Å²) in [4.78, 5) is 0. The Hall–Kier alpha value is -0.920. The molecule has 1 rings (SSSR count). The van der Waals surface area contributed by atoms with Gasteiger partial charge < -0.3 is 0 Å². The van der Waals surface area contributed by atoms with E-state index in [9.17, 15) is 8.78 Å². The van der Waals surface area contributed by atoms with Crippen molar-refractivity contribution in [2.75, 3.05) is 0 Å². The highest BCUT2D eigenvalue weighted by molar-refractivity contribution is 5.14. The van der Waals surface area contributed by atoms with Gasteiger partial charge in [0.2, 0.25) is 5.92 Å². The van der Waals surface area contributed by atoms with Crippen LogP contribution in [-0.2, 0) is 6.42 Å². The predicted molar refractivity (Wildman–Crippen MR) is 68.4 cm³/mol. The number of aryl methyl sites for hydroxylation is 1. The molecular formula is C15H22F2. The van der Waals surface area contributed by atoms with Crippen LogP contribution >= 0.6 is 0 Å². The lowest BCUT2D eigenvalue weighted by Gasteiger charge is -2.18. The SMILES string of the molecule is CC(C)CC(F)(F)CCCCc1ccccc1. The van der Waals surface area contributed by atoms with Gasteiger partial charge in [0.15, 0.2) is 0 Å². The first kappa shape index (κ1) is 14.1. The average molecular weight is 240 g/mol. The molecule has 1 aromatic carbocycles. The molecule has 0 aliphatic rings. The zero-order valence-electron chi connectivity index (χ0n) is 10.8. The summed E-state index contributed by atoms with van der Waals surface area (Å²) >= 11 is 0. The molecule has 2 heteroatoms. The van der Waals surface area contributed by atoms with Crippen LogP contribution in [0.5, 0.6) is 0 Å². The fraction of sp³-hybridized carbons (Fsp3) is 0.600. The second-order valence-corrected chi connectivity index (χ2v) is 5.15. The van der Waals surface area contributed by atoms with Gasteiger partial charge in [-0.25, -0.2) is 8.78 Å². The lowest BCUT2D eigenvalue weighted by atomic mass is 9.99. The van der Waals surface area contributed by atoms with Gasteiger partial charge in [-0.3, -0.25) is 0 Å². The lowest BCUT2D eigenvalue weighted by Crippen LogP contribution is -2.18. The first-order valence-corrected chi connectivity index (χ1v) is 6.41. The van der Waals surface area contributed by atoms with Crippen LogP contribution in [0.3, 0.4) is 0 Å². The van der Waals surface area contributed by atoms with Gasteiger partial charge in [-0.05, 0) is 30.7 Å². The van der Waals surface area contributed by atoms with Gasteiger partial charge in [0.05, 0.1) is 0 Å². The number of benzene rings is 1. The number of hydrogen-bond acceptors (Lipinski definition) is 0. The Bertz CT molecular complexity index is 304. The molecule has 0 bridgehead atoms. The lowest BCUT2D eigenvalue weighted by molar-refractivity contribution is -0.0290. The largest absolute Gasteiger partial charge is 0.248 e. The number of unbranched alkanes of at least 4 members (excludes halogenated alkanes) is 1. The van der Waals surface area contributed by atoms with Crippen molar-refractivity contribution in [3.63, 3.8) is 0 Å². The van der Waals surface area contributed by atoms with Gasteiger partial charge in [0, 0.05) is 12.8 Å².